The van der Waals surface area contributed by atoms with Gasteiger partial charge in [0, 0.05) is 24.7 Å². The van der Waals surface area contributed by atoms with Gasteiger partial charge in [-0.1, -0.05) is 0 Å². The average Bonchev–Trinajstić information content (AvgIpc) is 2.29. The molecule has 0 aliphatic carbocycles. The molecule has 0 radical (unpaired) electrons. The summed E-state index contributed by atoms with van der Waals surface area (Å²) in [6, 6.07) is 0. The van der Waals surface area contributed by atoms with Gasteiger partial charge < -0.3 is 14.7 Å². The Labute approximate surface area is 106 Å². The van der Waals surface area contributed by atoms with Gasteiger partial charge in [-0.15, -0.1) is 0 Å². The van der Waals surface area contributed by atoms with Crippen molar-refractivity contribution in [2.45, 2.75) is 33.8 Å². The summed E-state index contributed by atoms with van der Waals surface area (Å²) in [6.45, 7) is 7.50. The topological polar surface area (TPSA) is 83.9 Å². The Balaban J connectivity index is 4.57. The number of hydrogen-bond acceptors (Lipinski definition) is 4. The van der Waals surface area contributed by atoms with Gasteiger partial charge >= 0.3 is 11.9 Å². The Kier molecular flexibility index (Phi) is 6.70. The number of nitrogens with zero attached hydrogens (tertiary/aromatic N) is 1. The zero-order chi connectivity index (χ0) is 14.3. The molecular weight excluding hydrogens is 238 g/mol. The van der Waals surface area contributed by atoms with Crippen LogP contribution in [0.15, 0.2) is 11.6 Å². The van der Waals surface area contributed by atoms with Gasteiger partial charge in [0.1, 0.15) is 0 Å². The Morgan fingerprint density at radius 1 is 1.28 bits per heavy atom. The minimum atomic E-state index is -1.23. The SMILES string of the molecule is CCN(CC)C(=O)[C@@H](C)OC(=O)/C(C)=C/C(=O)O. The van der Waals surface area contributed by atoms with Crippen molar-refractivity contribution in [3.63, 3.8) is 0 Å². The molecule has 0 spiro atoms. The Hall–Kier alpha value is -1.85. The molecule has 0 unspecified atom stereocenters. The van der Waals surface area contributed by atoms with Crippen LogP contribution in [0.25, 0.3) is 0 Å². The predicted molar refractivity (Wildman–Crippen MR) is 64.9 cm³/mol. The fourth-order valence-corrected chi connectivity index (χ4v) is 1.34. The van der Waals surface area contributed by atoms with E-state index >= 15 is 0 Å². The van der Waals surface area contributed by atoms with Crippen LogP contribution in [0.2, 0.25) is 0 Å². The minimum Gasteiger partial charge on any atom is -0.478 e. The number of rotatable bonds is 6. The lowest BCUT2D eigenvalue weighted by atomic mass is 10.2. The summed E-state index contributed by atoms with van der Waals surface area (Å²) >= 11 is 0. The van der Waals surface area contributed by atoms with Crippen molar-refractivity contribution in [2.24, 2.45) is 0 Å². The Morgan fingerprint density at radius 2 is 1.78 bits per heavy atom. The van der Waals surface area contributed by atoms with E-state index < -0.39 is 18.0 Å². The molecular formula is C12H19NO5. The number of esters is 1. The molecule has 18 heavy (non-hydrogen) atoms. The zero-order valence-electron chi connectivity index (χ0n) is 11.1. The molecule has 0 aromatic heterocycles. The largest absolute Gasteiger partial charge is 0.478 e. The number of amides is 1. The molecule has 6 heteroatoms. The van der Waals surface area contributed by atoms with Crippen molar-refractivity contribution in [2.75, 3.05) is 13.1 Å². The molecule has 102 valence electrons. The molecule has 0 aliphatic heterocycles. The van der Waals surface area contributed by atoms with Crippen LogP contribution in [-0.2, 0) is 19.1 Å². The van der Waals surface area contributed by atoms with Crippen LogP contribution in [0.3, 0.4) is 0 Å². The maximum Gasteiger partial charge on any atom is 0.334 e. The second kappa shape index (κ2) is 7.47. The van der Waals surface area contributed by atoms with Gasteiger partial charge in [-0.05, 0) is 27.7 Å². The van der Waals surface area contributed by atoms with E-state index in [9.17, 15) is 14.4 Å². The van der Waals surface area contributed by atoms with Crippen molar-refractivity contribution in [1.29, 1.82) is 0 Å². The van der Waals surface area contributed by atoms with Crippen LogP contribution in [0.5, 0.6) is 0 Å². The molecule has 0 saturated heterocycles. The first-order valence-corrected chi connectivity index (χ1v) is 5.74. The molecule has 1 N–H and O–H groups in total. The summed E-state index contributed by atoms with van der Waals surface area (Å²) in [5.41, 5.74) is -0.0540. The van der Waals surface area contributed by atoms with E-state index in [1.807, 2.05) is 13.8 Å². The summed E-state index contributed by atoms with van der Waals surface area (Å²) in [7, 11) is 0. The summed E-state index contributed by atoms with van der Waals surface area (Å²) in [5, 5.41) is 8.48. The minimum absolute atomic E-state index is 0.0540. The van der Waals surface area contributed by atoms with Crippen LogP contribution in [0.1, 0.15) is 27.7 Å². The van der Waals surface area contributed by atoms with E-state index in [1.165, 1.54) is 18.7 Å². The van der Waals surface area contributed by atoms with E-state index in [2.05, 4.69) is 0 Å². The highest BCUT2D eigenvalue weighted by atomic mass is 16.5. The highest BCUT2D eigenvalue weighted by molar-refractivity contribution is 5.96. The molecule has 6 nitrogen and oxygen atoms in total. The lowest BCUT2D eigenvalue weighted by Gasteiger charge is -2.22. The quantitative estimate of drug-likeness (QED) is 0.562. The first-order valence-electron chi connectivity index (χ1n) is 5.74. The lowest BCUT2D eigenvalue weighted by Crippen LogP contribution is -2.39. The van der Waals surface area contributed by atoms with E-state index in [-0.39, 0.29) is 11.5 Å². The number of hydrogen-bond donors (Lipinski definition) is 1. The fraction of sp³-hybridized carbons (Fsp3) is 0.583. The van der Waals surface area contributed by atoms with Crippen molar-refractivity contribution < 1.29 is 24.2 Å². The third kappa shape index (κ3) is 4.99. The highest BCUT2D eigenvalue weighted by Crippen LogP contribution is 2.04. The van der Waals surface area contributed by atoms with E-state index in [4.69, 9.17) is 9.84 Å². The number of likely N-dealkylation sites (N-methyl/N-ethyl adjacent to an activating group) is 1. The molecule has 0 rings (SSSR count). The van der Waals surface area contributed by atoms with Gasteiger partial charge in [-0.25, -0.2) is 9.59 Å². The van der Waals surface area contributed by atoms with E-state index in [0.29, 0.717) is 13.1 Å². The third-order valence-corrected chi connectivity index (χ3v) is 2.37. The monoisotopic (exact) mass is 257 g/mol. The van der Waals surface area contributed by atoms with Crippen molar-refractivity contribution in [3.8, 4) is 0 Å². The van der Waals surface area contributed by atoms with Crippen LogP contribution in [0.4, 0.5) is 0 Å². The number of aliphatic carboxylic acids is 1. The standard InChI is InChI=1S/C12H19NO5/c1-5-13(6-2)11(16)9(4)18-12(17)8(3)7-10(14)15/h7,9H,5-6H2,1-4H3,(H,14,15)/b8-7+/t9-/m1/s1. The third-order valence-electron chi connectivity index (χ3n) is 2.37. The first-order chi connectivity index (χ1) is 8.33. The highest BCUT2D eigenvalue weighted by Gasteiger charge is 2.22. The predicted octanol–water partition coefficient (Wildman–Crippen LogP) is 0.817. The van der Waals surface area contributed by atoms with Gasteiger partial charge in [0.05, 0.1) is 0 Å². The summed E-state index contributed by atoms with van der Waals surface area (Å²) in [5.74, 6) is -2.32. The van der Waals surface area contributed by atoms with Gasteiger partial charge in [0.2, 0.25) is 0 Å². The Morgan fingerprint density at radius 3 is 2.17 bits per heavy atom. The van der Waals surface area contributed by atoms with Crippen molar-refractivity contribution >= 4 is 17.8 Å². The van der Waals surface area contributed by atoms with Gasteiger partial charge in [0.25, 0.3) is 5.91 Å². The van der Waals surface area contributed by atoms with Gasteiger partial charge in [-0.2, -0.15) is 0 Å². The summed E-state index contributed by atoms with van der Waals surface area (Å²) in [4.78, 5) is 35.2. The maximum atomic E-state index is 11.8. The molecule has 0 aliphatic rings. The van der Waals surface area contributed by atoms with Crippen LogP contribution in [0, 0.1) is 0 Å². The molecule has 0 saturated carbocycles. The Bertz CT molecular complexity index is 357. The molecule has 0 aromatic rings. The number of carbonyl (C=O) groups excluding carboxylic acids is 2. The van der Waals surface area contributed by atoms with Gasteiger partial charge in [-0.3, -0.25) is 4.79 Å². The second-order valence-electron chi connectivity index (χ2n) is 3.72. The molecule has 0 aromatic carbocycles. The zero-order valence-corrected chi connectivity index (χ0v) is 11.1. The first kappa shape index (κ1) is 16.1. The van der Waals surface area contributed by atoms with Crippen molar-refractivity contribution in [1.82, 2.24) is 4.90 Å². The number of carboxylic acids is 1. The van der Waals surface area contributed by atoms with Crippen LogP contribution >= 0.6 is 0 Å². The normalized spacial score (nSPS) is 12.8. The summed E-state index contributed by atoms with van der Waals surface area (Å²) < 4.78 is 4.90. The average molecular weight is 257 g/mol. The smallest absolute Gasteiger partial charge is 0.334 e. The van der Waals surface area contributed by atoms with E-state index in [0.717, 1.165) is 6.08 Å². The maximum absolute atomic E-state index is 11.8. The number of carboxylic acid groups (broad SMARTS) is 1. The molecule has 0 bridgehead atoms. The molecule has 1 atom stereocenters. The molecule has 0 heterocycles. The van der Waals surface area contributed by atoms with Gasteiger partial charge in [0.15, 0.2) is 6.10 Å². The van der Waals surface area contributed by atoms with Crippen LogP contribution < -0.4 is 0 Å². The van der Waals surface area contributed by atoms with Crippen molar-refractivity contribution in [3.05, 3.63) is 11.6 Å². The van der Waals surface area contributed by atoms with Crippen LogP contribution in [-0.4, -0.2) is 47.0 Å². The van der Waals surface area contributed by atoms with E-state index in [1.54, 1.807) is 0 Å². The summed E-state index contributed by atoms with van der Waals surface area (Å²) in [6.07, 6.45) is -0.175. The molecule has 0 fully saturated rings. The fourth-order valence-electron chi connectivity index (χ4n) is 1.34. The lowest BCUT2D eigenvalue weighted by molar-refractivity contribution is -0.156. The number of ether oxygens (including phenoxy) is 1. The molecule has 1 amide bonds. The number of carbonyl (C=O) groups is 3. The second-order valence-corrected chi connectivity index (χ2v) is 3.72.